The molecule has 90 valence electrons. The Kier molecular flexibility index (Phi) is 5.35. The minimum Gasteiger partial charge on any atom is -0.353 e. The quantitative estimate of drug-likeness (QED) is 0.699. The molecule has 0 aliphatic heterocycles. The maximum Gasteiger partial charge on any atom is 0.161 e. The van der Waals surface area contributed by atoms with Crippen LogP contribution in [0.5, 0.6) is 0 Å². The first kappa shape index (κ1) is 13.1. The van der Waals surface area contributed by atoms with Crippen molar-refractivity contribution in [2.45, 2.75) is 26.6 Å². The monoisotopic (exact) mass is 230 g/mol. The third-order valence-corrected chi connectivity index (χ3v) is 2.14. The first-order valence-corrected chi connectivity index (χ1v) is 5.35. The normalized spacial score (nSPS) is 11.1. The van der Waals surface area contributed by atoms with E-state index < -0.39 is 17.9 Å². The van der Waals surface area contributed by atoms with E-state index >= 15 is 0 Å². The van der Waals surface area contributed by atoms with Crippen molar-refractivity contribution in [1.82, 2.24) is 0 Å². The Bertz CT molecular complexity index is 303. The van der Waals surface area contributed by atoms with E-state index in [4.69, 9.17) is 9.47 Å². The molecule has 1 aromatic carbocycles. The largest absolute Gasteiger partial charge is 0.353 e. The highest BCUT2D eigenvalue weighted by atomic mass is 19.1. The standard InChI is InChI=1S/C12H16F2O2/c1-3-15-12(16-4-2)8-9-10(13)6-5-7-11(9)14/h5-7,12H,3-4,8H2,1-2H3. The van der Waals surface area contributed by atoms with Crippen LogP contribution >= 0.6 is 0 Å². The molecule has 16 heavy (non-hydrogen) atoms. The fraction of sp³-hybridized carbons (Fsp3) is 0.500. The molecule has 0 spiro atoms. The molecule has 0 aromatic heterocycles. The van der Waals surface area contributed by atoms with E-state index in [0.29, 0.717) is 13.2 Å². The molecule has 0 fully saturated rings. The molecule has 1 rings (SSSR count). The molecule has 0 saturated heterocycles. The van der Waals surface area contributed by atoms with Crippen molar-refractivity contribution in [3.8, 4) is 0 Å². The van der Waals surface area contributed by atoms with Crippen LogP contribution in [0.2, 0.25) is 0 Å². The Hall–Kier alpha value is -1.00. The molecule has 0 radical (unpaired) electrons. The summed E-state index contributed by atoms with van der Waals surface area (Å²) >= 11 is 0. The van der Waals surface area contributed by atoms with Gasteiger partial charge in [-0.15, -0.1) is 0 Å². The van der Waals surface area contributed by atoms with E-state index in [-0.39, 0.29) is 12.0 Å². The predicted molar refractivity (Wildman–Crippen MR) is 57.1 cm³/mol. The number of hydrogen-bond donors (Lipinski definition) is 0. The fourth-order valence-corrected chi connectivity index (χ4v) is 1.43. The van der Waals surface area contributed by atoms with Crippen LogP contribution < -0.4 is 0 Å². The van der Waals surface area contributed by atoms with Crippen LogP contribution in [0.1, 0.15) is 19.4 Å². The molecule has 2 nitrogen and oxygen atoms in total. The Balaban J connectivity index is 2.76. The first-order valence-electron chi connectivity index (χ1n) is 5.35. The highest BCUT2D eigenvalue weighted by Gasteiger charge is 2.15. The molecule has 0 aliphatic carbocycles. The zero-order chi connectivity index (χ0) is 12.0. The second kappa shape index (κ2) is 6.55. The lowest BCUT2D eigenvalue weighted by Gasteiger charge is -2.17. The van der Waals surface area contributed by atoms with Gasteiger partial charge in [0.1, 0.15) is 11.6 Å². The van der Waals surface area contributed by atoms with Gasteiger partial charge in [0.2, 0.25) is 0 Å². The third kappa shape index (κ3) is 3.54. The maximum absolute atomic E-state index is 13.3. The molecule has 0 amide bonds. The van der Waals surface area contributed by atoms with Crippen LogP contribution in [0.25, 0.3) is 0 Å². The highest BCUT2D eigenvalue weighted by Crippen LogP contribution is 2.15. The van der Waals surface area contributed by atoms with Gasteiger partial charge in [-0.25, -0.2) is 8.78 Å². The van der Waals surface area contributed by atoms with Crippen LogP contribution in [0, 0.1) is 11.6 Å². The van der Waals surface area contributed by atoms with E-state index in [1.165, 1.54) is 18.2 Å². The summed E-state index contributed by atoms with van der Waals surface area (Å²) in [4.78, 5) is 0. The molecule has 0 N–H and O–H groups in total. The Morgan fingerprint density at radius 1 is 1.06 bits per heavy atom. The molecular weight excluding hydrogens is 214 g/mol. The summed E-state index contributed by atoms with van der Waals surface area (Å²) in [5, 5.41) is 0. The minimum absolute atomic E-state index is 0.00870. The zero-order valence-electron chi connectivity index (χ0n) is 9.50. The maximum atomic E-state index is 13.3. The number of halogens is 2. The SMILES string of the molecule is CCOC(Cc1c(F)cccc1F)OCC. The van der Waals surface area contributed by atoms with Crippen LogP contribution in [-0.4, -0.2) is 19.5 Å². The third-order valence-electron chi connectivity index (χ3n) is 2.14. The summed E-state index contributed by atoms with van der Waals surface area (Å²) in [6.07, 6.45) is -0.512. The first-order chi connectivity index (χ1) is 7.69. The second-order valence-electron chi connectivity index (χ2n) is 3.24. The minimum atomic E-state index is -0.596. The van der Waals surface area contributed by atoms with Crippen molar-refractivity contribution >= 4 is 0 Å². The van der Waals surface area contributed by atoms with Gasteiger partial charge >= 0.3 is 0 Å². The van der Waals surface area contributed by atoms with Crippen LogP contribution in [0.15, 0.2) is 18.2 Å². The number of ether oxygens (including phenoxy) is 2. The van der Waals surface area contributed by atoms with Gasteiger partial charge in [0.25, 0.3) is 0 Å². The van der Waals surface area contributed by atoms with E-state index in [9.17, 15) is 8.78 Å². The zero-order valence-corrected chi connectivity index (χ0v) is 9.50. The van der Waals surface area contributed by atoms with Crippen molar-refractivity contribution in [2.75, 3.05) is 13.2 Å². The van der Waals surface area contributed by atoms with Gasteiger partial charge in [-0.3, -0.25) is 0 Å². The lowest BCUT2D eigenvalue weighted by molar-refractivity contribution is -0.135. The molecule has 4 heteroatoms. The van der Waals surface area contributed by atoms with Crippen molar-refractivity contribution in [3.05, 3.63) is 35.4 Å². The van der Waals surface area contributed by atoms with Crippen molar-refractivity contribution in [2.24, 2.45) is 0 Å². The Labute approximate surface area is 94.2 Å². The molecule has 0 heterocycles. The van der Waals surface area contributed by atoms with Gasteiger partial charge in [0, 0.05) is 25.2 Å². The van der Waals surface area contributed by atoms with Gasteiger partial charge in [-0.1, -0.05) is 6.07 Å². The molecular formula is C12H16F2O2. The molecule has 0 unspecified atom stereocenters. The summed E-state index contributed by atoms with van der Waals surface area (Å²) in [7, 11) is 0. The summed E-state index contributed by atoms with van der Waals surface area (Å²) in [6.45, 7) is 4.51. The van der Waals surface area contributed by atoms with E-state index in [0.717, 1.165) is 0 Å². The van der Waals surface area contributed by atoms with Crippen LogP contribution in [-0.2, 0) is 15.9 Å². The average molecular weight is 230 g/mol. The summed E-state index contributed by atoms with van der Waals surface area (Å²) in [5.41, 5.74) is 0.00870. The van der Waals surface area contributed by atoms with Gasteiger partial charge < -0.3 is 9.47 Å². The van der Waals surface area contributed by atoms with Crippen LogP contribution in [0.4, 0.5) is 8.78 Å². The van der Waals surface area contributed by atoms with Crippen molar-refractivity contribution in [1.29, 1.82) is 0 Å². The summed E-state index contributed by atoms with van der Waals surface area (Å²) in [6, 6.07) is 3.80. The van der Waals surface area contributed by atoms with E-state index in [1.54, 1.807) is 0 Å². The van der Waals surface area contributed by atoms with Gasteiger partial charge in [0.05, 0.1) is 0 Å². The predicted octanol–water partition coefficient (Wildman–Crippen LogP) is 2.91. The molecule has 1 aromatic rings. The smallest absolute Gasteiger partial charge is 0.161 e. The number of hydrogen-bond acceptors (Lipinski definition) is 2. The topological polar surface area (TPSA) is 18.5 Å². The average Bonchev–Trinajstić information content (AvgIpc) is 2.24. The summed E-state index contributed by atoms with van der Waals surface area (Å²) < 4.78 is 37.2. The van der Waals surface area contributed by atoms with Gasteiger partial charge in [-0.05, 0) is 26.0 Å². The lowest BCUT2D eigenvalue weighted by atomic mass is 10.1. The van der Waals surface area contributed by atoms with Gasteiger partial charge in [0.15, 0.2) is 6.29 Å². The van der Waals surface area contributed by atoms with Gasteiger partial charge in [-0.2, -0.15) is 0 Å². The molecule has 0 aliphatic rings. The van der Waals surface area contributed by atoms with E-state index in [1.807, 2.05) is 13.8 Å². The van der Waals surface area contributed by atoms with Crippen molar-refractivity contribution in [3.63, 3.8) is 0 Å². The Morgan fingerprint density at radius 2 is 1.56 bits per heavy atom. The second-order valence-corrected chi connectivity index (χ2v) is 3.24. The summed E-state index contributed by atoms with van der Waals surface area (Å²) in [5.74, 6) is -1.13. The fourth-order valence-electron chi connectivity index (χ4n) is 1.43. The lowest BCUT2D eigenvalue weighted by Crippen LogP contribution is -2.21. The van der Waals surface area contributed by atoms with E-state index in [2.05, 4.69) is 0 Å². The van der Waals surface area contributed by atoms with Crippen LogP contribution in [0.3, 0.4) is 0 Å². The highest BCUT2D eigenvalue weighted by molar-refractivity contribution is 5.20. The number of benzene rings is 1. The Morgan fingerprint density at radius 3 is 2.00 bits per heavy atom. The molecule has 0 bridgehead atoms. The van der Waals surface area contributed by atoms with Crippen molar-refractivity contribution < 1.29 is 18.3 Å². The molecule has 0 atom stereocenters. The molecule has 0 saturated carbocycles. The number of rotatable bonds is 6.